The molecule has 1 fully saturated rings. The Morgan fingerprint density at radius 3 is 2.42 bits per heavy atom. The number of carbonyl (C=O) groups is 1. The Morgan fingerprint density at radius 2 is 1.74 bits per heavy atom. The average molecular weight is 427 g/mol. The molecule has 0 radical (unpaired) electrons. The zero-order chi connectivity index (χ0) is 22.2. The van der Waals surface area contributed by atoms with Crippen LogP contribution in [0.15, 0.2) is 48.5 Å². The molecule has 2 heterocycles. The molecule has 4 nitrogen and oxygen atoms in total. The molecule has 3 aromatic rings. The zero-order valence-corrected chi connectivity index (χ0v) is 17.5. The van der Waals surface area contributed by atoms with Crippen molar-refractivity contribution in [3.63, 3.8) is 0 Å². The van der Waals surface area contributed by atoms with Gasteiger partial charge in [-0.3, -0.25) is 9.78 Å². The topological polar surface area (TPSA) is 36.4 Å². The summed E-state index contributed by atoms with van der Waals surface area (Å²) in [7, 11) is 0. The van der Waals surface area contributed by atoms with Gasteiger partial charge in [-0.2, -0.15) is 13.2 Å². The number of aromatic nitrogens is 1. The van der Waals surface area contributed by atoms with E-state index in [2.05, 4.69) is 0 Å². The third-order valence-corrected chi connectivity index (χ3v) is 5.89. The summed E-state index contributed by atoms with van der Waals surface area (Å²) in [6, 6.07) is 13.0. The Bertz CT molecular complexity index is 1120. The summed E-state index contributed by atoms with van der Waals surface area (Å²) in [5, 5.41) is 0.836. The molecule has 1 amide bonds. The van der Waals surface area contributed by atoms with Gasteiger partial charge in [0.15, 0.2) is 0 Å². The zero-order valence-electron chi connectivity index (χ0n) is 17.5. The maximum Gasteiger partial charge on any atom is 0.416 e. The quantitative estimate of drug-likeness (QED) is 0.585. The number of hydrogen-bond acceptors (Lipinski definition) is 3. The third-order valence-electron chi connectivity index (χ3n) is 5.89. The highest BCUT2D eigenvalue weighted by molar-refractivity contribution is 6.07. The van der Waals surface area contributed by atoms with Gasteiger partial charge in [0.05, 0.1) is 16.6 Å². The number of benzene rings is 2. The van der Waals surface area contributed by atoms with E-state index in [1.807, 2.05) is 43.0 Å². The average Bonchev–Trinajstić information content (AvgIpc) is 2.78. The van der Waals surface area contributed by atoms with E-state index in [1.54, 1.807) is 11.0 Å². The fourth-order valence-electron chi connectivity index (χ4n) is 4.18. The smallest absolute Gasteiger partial charge is 0.368 e. The molecule has 0 spiro atoms. The largest absolute Gasteiger partial charge is 0.416 e. The highest BCUT2D eigenvalue weighted by Gasteiger charge is 2.31. The molecular weight excluding hydrogens is 403 g/mol. The molecule has 31 heavy (non-hydrogen) atoms. The number of carbonyl (C=O) groups excluding carboxylic acids is 1. The Morgan fingerprint density at radius 1 is 1.03 bits per heavy atom. The molecule has 1 saturated heterocycles. The van der Waals surface area contributed by atoms with Crippen LogP contribution >= 0.6 is 0 Å². The van der Waals surface area contributed by atoms with E-state index in [0.29, 0.717) is 37.4 Å². The number of alkyl halides is 3. The molecule has 0 N–H and O–H groups in total. The minimum absolute atomic E-state index is 0.0468. The molecule has 0 bridgehead atoms. The fraction of sp³-hybridized carbons (Fsp3) is 0.333. The van der Waals surface area contributed by atoms with Crippen LogP contribution in [0.4, 0.5) is 18.9 Å². The van der Waals surface area contributed by atoms with E-state index in [0.717, 1.165) is 34.6 Å². The standard InChI is InChI=1S/C24H24F3N3O/c1-3-20-16(2)22(19-9-4-5-10-21(19)28-20)23(31)30-13-11-29(12-14-30)18-8-6-7-17(15-18)24(25,26)27/h4-10,15H,3,11-14H2,1-2H3. The first-order valence-corrected chi connectivity index (χ1v) is 10.4. The minimum atomic E-state index is -4.37. The van der Waals surface area contributed by atoms with E-state index in [-0.39, 0.29) is 5.91 Å². The maximum absolute atomic E-state index is 13.5. The number of anilines is 1. The van der Waals surface area contributed by atoms with Gasteiger partial charge >= 0.3 is 6.18 Å². The summed E-state index contributed by atoms with van der Waals surface area (Å²) >= 11 is 0. The van der Waals surface area contributed by atoms with Crippen LogP contribution in [-0.4, -0.2) is 42.0 Å². The normalized spacial score (nSPS) is 14.9. The molecule has 7 heteroatoms. The molecule has 0 saturated carbocycles. The molecule has 0 unspecified atom stereocenters. The van der Waals surface area contributed by atoms with Crippen molar-refractivity contribution in [3.05, 3.63) is 70.9 Å². The first kappa shape index (κ1) is 21.2. The fourth-order valence-corrected chi connectivity index (χ4v) is 4.18. The van der Waals surface area contributed by atoms with Crippen molar-refractivity contribution in [3.8, 4) is 0 Å². The van der Waals surface area contributed by atoms with Crippen LogP contribution in [0, 0.1) is 6.92 Å². The summed E-state index contributed by atoms with van der Waals surface area (Å²) < 4.78 is 39.1. The van der Waals surface area contributed by atoms with Crippen molar-refractivity contribution in [2.75, 3.05) is 31.1 Å². The molecule has 2 aromatic carbocycles. The third kappa shape index (κ3) is 4.09. The summed E-state index contributed by atoms with van der Waals surface area (Å²) in [4.78, 5) is 21.8. The molecule has 0 aliphatic carbocycles. The minimum Gasteiger partial charge on any atom is -0.368 e. The van der Waals surface area contributed by atoms with Gasteiger partial charge in [0.2, 0.25) is 0 Å². The van der Waals surface area contributed by atoms with Crippen LogP contribution in [0.5, 0.6) is 0 Å². The van der Waals surface area contributed by atoms with Gasteiger partial charge in [0.1, 0.15) is 0 Å². The van der Waals surface area contributed by atoms with Crippen LogP contribution in [0.3, 0.4) is 0 Å². The molecule has 1 aliphatic heterocycles. The van der Waals surface area contributed by atoms with Crippen LogP contribution in [0.1, 0.15) is 34.1 Å². The number of nitrogens with zero attached hydrogens (tertiary/aromatic N) is 3. The predicted molar refractivity (Wildman–Crippen MR) is 115 cm³/mol. The van der Waals surface area contributed by atoms with Crippen molar-refractivity contribution < 1.29 is 18.0 Å². The molecule has 162 valence electrons. The van der Waals surface area contributed by atoms with Crippen molar-refractivity contribution in [1.82, 2.24) is 9.88 Å². The van der Waals surface area contributed by atoms with Crippen molar-refractivity contribution in [2.24, 2.45) is 0 Å². The lowest BCUT2D eigenvalue weighted by molar-refractivity contribution is -0.137. The van der Waals surface area contributed by atoms with Crippen LogP contribution in [0.2, 0.25) is 0 Å². The molecule has 1 aromatic heterocycles. The van der Waals surface area contributed by atoms with Gasteiger partial charge in [0, 0.05) is 42.9 Å². The summed E-state index contributed by atoms with van der Waals surface area (Å²) in [6.45, 7) is 5.82. The van der Waals surface area contributed by atoms with Crippen LogP contribution < -0.4 is 4.90 Å². The van der Waals surface area contributed by atoms with Crippen molar-refractivity contribution >= 4 is 22.5 Å². The summed E-state index contributed by atoms with van der Waals surface area (Å²) in [5.74, 6) is -0.0468. The maximum atomic E-state index is 13.5. The van der Waals surface area contributed by atoms with E-state index >= 15 is 0 Å². The van der Waals surface area contributed by atoms with Gasteiger partial charge in [-0.25, -0.2) is 0 Å². The lowest BCUT2D eigenvalue weighted by Crippen LogP contribution is -2.49. The van der Waals surface area contributed by atoms with Crippen LogP contribution in [-0.2, 0) is 12.6 Å². The second-order valence-electron chi connectivity index (χ2n) is 7.76. The number of pyridine rings is 1. The number of para-hydroxylation sites is 1. The lowest BCUT2D eigenvalue weighted by atomic mass is 9.99. The number of aryl methyl sites for hydroxylation is 1. The first-order valence-electron chi connectivity index (χ1n) is 10.4. The highest BCUT2D eigenvalue weighted by atomic mass is 19.4. The SMILES string of the molecule is CCc1nc2ccccc2c(C(=O)N2CCN(c3cccc(C(F)(F)F)c3)CC2)c1C. The van der Waals surface area contributed by atoms with E-state index < -0.39 is 11.7 Å². The Hall–Kier alpha value is -3.09. The lowest BCUT2D eigenvalue weighted by Gasteiger charge is -2.36. The Balaban J connectivity index is 1.57. The molecular formula is C24H24F3N3O. The van der Waals surface area contributed by atoms with E-state index in [9.17, 15) is 18.0 Å². The van der Waals surface area contributed by atoms with Gasteiger partial charge in [0.25, 0.3) is 5.91 Å². The summed E-state index contributed by atoms with van der Waals surface area (Å²) in [5.41, 5.74) is 3.15. The number of rotatable bonds is 3. The Labute approximate surface area is 179 Å². The predicted octanol–water partition coefficient (Wildman–Crippen LogP) is 5.09. The highest BCUT2D eigenvalue weighted by Crippen LogP contribution is 2.32. The number of hydrogen-bond donors (Lipinski definition) is 0. The van der Waals surface area contributed by atoms with E-state index in [4.69, 9.17) is 4.98 Å². The second-order valence-corrected chi connectivity index (χ2v) is 7.76. The Kier molecular flexibility index (Phi) is 5.60. The number of amides is 1. The van der Waals surface area contributed by atoms with E-state index in [1.165, 1.54) is 12.1 Å². The van der Waals surface area contributed by atoms with Gasteiger partial charge < -0.3 is 9.80 Å². The summed E-state index contributed by atoms with van der Waals surface area (Å²) in [6.07, 6.45) is -3.63. The number of halogens is 3. The van der Waals surface area contributed by atoms with Crippen LogP contribution in [0.25, 0.3) is 10.9 Å². The number of piperazine rings is 1. The monoisotopic (exact) mass is 427 g/mol. The number of fused-ring (bicyclic) bond motifs is 1. The molecule has 4 rings (SSSR count). The molecule has 1 aliphatic rings. The van der Waals surface area contributed by atoms with Crippen molar-refractivity contribution in [2.45, 2.75) is 26.4 Å². The van der Waals surface area contributed by atoms with Crippen molar-refractivity contribution in [1.29, 1.82) is 0 Å². The van der Waals surface area contributed by atoms with Gasteiger partial charge in [-0.15, -0.1) is 0 Å². The van der Waals surface area contributed by atoms with Gasteiger partial charge in [-0.05, 0) is 43.2 Å². The second kappa shape index (κ2) is 8.21. The van der Waals surface area contributed by atoms with Gasteiger partial charge in [-0.1, -0.05) is 31.2 Å². The molecule has 0 atom stereocenters. The first-order chi connectivity index (χ1) is 14.8.